The highest BCUT2D eigenvalue weighted by Gasteiger charge is 1.99. The monoisotopic (exact) mass is 418 g/mol. The van der Waals surface area contributed by atoms with Crippen LogP contribution in [-0.2, 0) is 11.3 Å². The van der Waals surface area contributed by atoms with Gasteiger partial charge in [-0.2, -0.15) is 0 Å². The largest absolute Gasteiger partial charge is 0.475 e. The Bertz CT molecular complexity index is 471. The molecule has 0 aliphatic rings. The smallest absolute Gasteiger partial charge is 0.213 e. The van der Waals surface area contributed by atoms with Gasteiger partial charge in [0, 0.05) is 25.9 Å². The first kappa shape index (κ1) is 20.5. The second kappa shape index (κ2) is 13.2. The van der Waals surface area contributed by atoms with Crippen LogP contribution in [0.25, 0.3) is 0 Å². The topological polar surface area (TPSA) is 67.8 Å². The van der Waals surface area contributed by atoms with Gasteiger partial charge in [0.25, 0.3) is 0 Å². The van der Waals surface area contributed by atoms with Crippen molar-refractivity contribution < 1.29 is 9.47 Å². The number of hydrogen-bond acceptors (Lipinski definition) is 4. The highest BCUT2D eigenvalue weighted by molar-refractivity contribution is 14.0. The average Bonchev–Trinajstić information content (AvgIpc) is 2.51. The molecule has 22 heavy (non-hydrogen) atoms. The van der Waals surface area contributed by atoms with Crippen LogP contribution >= 0.6 is 24.0 Å². The summed E-state index contributed by atoms with van der Waals surface area (Å²) in [7, 11) is 1.63. The van der Waals surface area contributed by atoms with Gasteiger partial charge >= 0.3 is 0 Å². The van der Waals surface area contributed by atoms with Gasteiger partial charge < -0.3 is 20.1 Å². The van der Waals surface area contributed by atoms with Gasteiger partial charge in [-0.25, -0.2) is 9.98 Å². The molecule has 0 saturated heterocycles. The second-order valence-electron chi connectivity index (χ2n) is 4.10. The van der Waals surface area contributed by atoms with Crippen LogP contribution in [0.1, 0.15) is 12.5 Å². The van der Waals surface area contributed by atoms with Gasteiger partial charge in [-0.15, -0.1) is 30.4 Å². The summed E-state index contributed by atoms with van der Waals surface area (Å²) >= 11 is 0. The number of rotatable bonds is 8. The van der Waals surface area contributed by atoms with Gasteiger partial charge in [-0.05, 0) is 12.5 Å². The van der Waals surface area contributed by atoms with Crippen molar-refractivity contribution in [1.29, 1.82) is 0 Å². The number of nitrogens with one attached hydrogen (secondary N) is 2. The van der Waals surface area contributed by atoms with Gasteiger partial charge in [0.1, 0.15) is 6.61 Å². The summed E-state index contributed by atoms with van der Waals surface area (Å²) in [6.07, 6.45) is 6.97. The number of aliphatic imine (C=N–C) groups is 1. The van der Waals surface area contributed by atoms with E-state index in [1.165, 1.54) is 0 Å². The number of halogens is 1. The Morgan fingerprint density at radius 1 is 1.36 bits per heavy atom. The Balaban J connectivity index is 0.00000441. The van der Waals surface area contributed by atoms with Crippen molar-refractivity contribution in [3.05, 3.63) is 23.9 Å². The van der Waals surface area contributed by atoms with Crippen LogP contribution in [-0.4, -0.2) is 44.4 Å². The Labute approximate surface area is 149 Å². The third kappa shape index (κ3) is 8.69. The summed E-state index contributed by atoms with van der Waals surface area (Å²) in [4.78, 5) is 8.64. The first-order valence-electron chi connectivity index (χ1n) is 6.82. The summed E-state index contributed by atoms with van der Waals surface area (Å²) < 4.78 is 10.3. The van der Waals surface area contributed by atoms with Crippen LogP contribution in [0.3, 0.4) is 0 Å². The number of guanidine groups is 1. The summed E-state index contributed by atoms with van der Waals surface area (Å²) in [6, 6.07) is 3.76. The number of terminal acetylenes is 1. The predicted octanol–water partition coefficient (Wildman–Crippen LogP) is 1.41. The van der Waals surface area contributed by atoms with E-state index in [0.717, 1.165) is 12.1 Å². The molecule has 0 atom stereocenters. The van der Waals surface area contributed by atoms with Crippen molar-refractivity contribution in [3.8, 4) is 18.2 Å². The quantitative estimate of drug-likeness (QED) is 0.220. The molecule has 1 aromatic rings. The summed E-state index contributed by atoms with van der Waals surface area (Å²) in [5.74, 6) is 3.79. The first-order chi connectivity index (χ1) is 10.3. The lowest BCUT2D eigenvalue weighted by molar-refractivity contribution is 0.143. The van der Waals surface area contributed by atoms with Gasteiger partial charge in [0.2, 0.25) is 5.88 Å². The molecule has 122 valence electrons. The van der Waals surface area contributed by atoms with Crippen LogP contribution in [0.5, 0.6) is 5.88 Å². The van der Waals surface area contributed by atoms with Crippen molar-refractivity contribution >= 4 is 29.9 Å². The van der Waals surface area contributed by atoms with E-state index in [1.54, 1.807) is 13.3 Å². The zero-order valence-corrected chi connectivity index (χ0v) is 15.3. The zero-order chi connectivity index (χ0) is 15.3. The lowest BCUT2D eigenvalue weighted by Gasteiger charge is -2.09. The Hall–Kier alpha value is -1.53. The number of methoxy groups -OCH3 is 1. The molecule has 0 amide bonds. The number of hydrogen-bond donors (Lipinski definition) is 2. The molecule has 0 aliphatic heterocycles. The normalized spacial score (nSPS) is 10.3. The van der Waals surface area contributed by atoms with Crippen molar-refractivity contribution in [2.24, 2.45) is 4.99 Å². The molecular weight excluding hydrogens is 395 g/mol. The fourth-order valence-corrected chi connectivity index (χ4v) is 1.47. The van der Waals surface area contributed by atoms with E-state index in [1.807, 2.05) is 19.1 Å². The molecule has 2 N–H and O–H groups in total. The lowest BCUT2D eigenvalue weighted by atomic mass is 10.3. The molecule has 0 bridgehead atoms. The lowest BCUT2D eigenvalue weighted by Crippen LogP contribution is -2.37. The zero-order valence-electron chi connectivity index (χ0n) is 13.0. The van der Waals surface area contributed by atoms with Gasteiger partial charge in [0.05, 0.1) is 19.7 Å². The maximum Gasteiger partial charge on any atom is 0.213 e. The van der Waals surface area contributed by atoms with Crippen molar-refractivity contribution in [1.82, 2.24) is 15.6 Å². The van der Waals surface area contributed by atoms with Crippen LogP contribution in [0.2, 0.25) is 0 Å². The van der Waals surface area contributed by atoms with Crippen LogP contribution < -0.4 is 15.4 Å². The molecule has 7 heteroatoms. The number of nitrogens with zero attached hydrogens (tertiary/aromatic N) is 2. The minimum Gasteiger partial charge on any atom is -0.475 e. The molecule has 0 unspecified atom stereocenters. The van der Waals surface area contributed by atoms with E-state index in [2.05, 4.69) is 26.5 Å². The fraction of sp³-hybridized carbons (Fsp3) is 0.467. The molecule has 6 nitrogen and oxygen atoms in total. The summed E-state index contributed by atoms with van der Waals surface area (Å²) in [5, 5.41) is 6.15. The standard InChI is InChI=1S/C15H22N4O2.HI/c1-4-8-17-15(16-5-2)19-12-13-6-7-14(18-11-13)21-10-9-20-3;/h1,6-7,11H,5,8-10,12H2,2-3H3,(H2,16,17,19);1H. The van der Waals surface area contributed by atoms with E-state index in [-0.39, 0.29) is 24.0 Å². The van der Waals surface area contributed by atoms with Crippen LogP contribution in [0.15, 0.2) is 23.3 Å². The molecule has 1 rings (SSSR count). The van der Waals surface area contributed by atoms with Gasteiger partial charge in [0.15, 0.2) is 5.96 Å². The maximum atomic E-state index is 5.40. The van der Waals surface area contributed by atoms with E-state index in [4.69, 9.17) is 15.9 Å². The van der Waals surface area contributed by atoms with Crippen molar-refractivity contribution in [3.63, 3.8) is 0 Å². The Morgan fingerprint density at radius 3 is 2.77 bits per heavy atom. The molecule has 0 aliphatic carbocycles. The average molecular weight is 418 g/mol. The minimum absolute atomic E-state index is 0. The number of aromatic nitrogens is 1. The minimum atomic E-state index is 0. The Kier molecular flexibility index (Phi) is 12.2. The number of ether oxygens (including phenoxy) is 2. The predicted molar refractivity (Wildman–Crippen MR) is 98.7 cm³/mol. The van der Waals surface area contributed by atoms with E-state index in [9.17, 15) is 0 Å². The molecule has 0 aromatic carbocycles. The molecule has 1 aromatic heterocycles. The van der Waals surface area contributed by atoms with Crippen molar-refractivity contribution in [2.75, 3.05) is 33.4 Å². The number of pyridine rings is 1. The molecule has 0 radical (unpaired) electrons. The molecule has 0 fully saturated rings. The first-order valence-corrected chi connectivity index (χ1v) is 6.82. The fourth-order valence-electron chi connectivity index (χ4n) is 1.47. The summed E-state index contributed by atoms with van der Waals surface area (Å²) in [6.45, 7) is 4.77. The van der Waals surface area contributed by atoms with E-state index < -0.39 is 0 Å². The summed E-state index contributed by atoms with van der Waals surface area (Å²) in [5.41, 5.74) is 0.993. The van der Waals surface area contributed by atoms with E-state index >= 15 is 0 Å². The second-order valence-corrected chi connectivity index (χ2v) is 4.10. The molecule has 0 spiro atoms. The molecule has 1 heterocycles. The highest BCUT2D eigenvalue weighted by Crippen LogP contribution is 2.08. The van der Waals surface area contributed by atoms with Crippen LogP contribution in [0.4, 0.5) is 0 Å². The third-order valence-electron chi connectivity index (χ3n) is 2.46. The maximum absolute atomic E-state index is 5.40. The SMILES string of the molecule is C#CCNC(=NCc1ccc(OCCOC)nc1)NCC.I. The highest BCUT2D eigenvalue weighted by atomic mass is 127. The molecule has 0 saturated carbocycles. The third-order valence-corrected chi connectivity index (χ3v) is 2.46. The van der Waals surface area contributed by atoms with E-state index in [0.29, 0.717) is 38.1 Å². The molecular formula is C15H23IN4O2. The van der Waals surface area contributed by atoms with Crippen LogP contribution in [0, 0.1) is 12.3 Å². The van der Waals surface area contributed by atoms with Gasteiger partial charge in [-0.1, -0.05) is 12.0 Å². The van der Waals surface area contributed by atoms with Gasteiger partial charge in [-0.3, -0.25) is 0 Å². The Morgan fingerprint density at radius 2 is 2.18 bits per heavy atom. The van der Waals surface area contributed by atoms with Crippen molar-refractivity contribution in [2.45, 2.75) is 13.5 Å².